The van der Waals surface area contributed by atoms with Crippen LogP contribution in [0.15, 0.2) is 5.38 Å². The number of ether oxygens (including phenoxy) is 1. The van der Waals surface area contributed by atoms with Gasteiger partial charge in [-0.25, -0.2) is 4.98 Å². The van der Waals surface area contributed by atoms with E-state index in [-0.39, 0.29) is 0 Å². The minimum Gasteiger partial charge on any atom is -0.384 e. The largest absolute Gasteiger partial charge is 0.384 e. The summed E-state index contributed by atoms with van der Waals surface area (Å²) in [7, 11) is 3.72. The smallest absolute Gasteiger partial charge is 0.185 e. The van der Waals surface area contributed by atoms with Crippen LogP contribution < -0.4 is 10.2 Å². The zero-order chi connectivity index (χ0) is 11.4. The second-order valence-corrected chi connectivity index (χ2v) is 5.04. The molecule has 0 bridgehead atoms. The van der Waals surface area contributed by atoms with Crippen LogP contribution in [0.4, 0.5) is 5.13 Å². The van der Waals surface area contributed by atoms with Crippen LogP contribution in [0.3, 0.4) is 0 Å². The van der Waals surface area contributed by atoms with Gasteiger partial charge in [-0.3, -0.25) is 0 Å². The third-order valence-corrected chi connectivity index (χ3v) is 3.81. The Bertz CT molecular complexity index is 329. The Morgan fingerprint density at radius 1 is 1.69 bits per heavy atom. The molecule has 0 amide bonds. The number of rotatable bonds is 5. The number of nitrogens with one attached hydrogen (secondary N) is 1. The summed E-state index contributed by atoms with van der Waals surface area (Å²) in [5.41, 5.74) is 1.14. The van der Waals surface area contributed by atoms with E-state index in [1.807, 2.05) is 7.05 Å². The van der Waals surface area contributed by atoms with Crippen molar-refractivity contribution in [3.63, 3.8) is 0 Å². The predicted octanol–water partition coefficient (Wildman–Crippen LogP) is 1.34. The van der Waals surface area contributed by atoms with Crippen LogP contribution in [0.5, 0.6) is 0 Å². The Morgan fingerprint density at radius 2 is 2.56 bits per heavy atom. The van der Waals surface area contributed by atoms with E-state index in [0.29, 0.717) is 5.92 Å². The zero-order valence-electron chi connectivity index (χ0n) is 9.90. The topological polar surface area (TPSA) is 37.4 Å². The molecule has 1 N–H and O–H groups in total. The minimum atomic E-state index is 0.668. The number of thiazole rings is 1. The lowest BCUT2D eigenvalue weighted by molar-refractivity contribution is 0.161. The standard InChI is InChI=1S/C11H19N3OS/c1-12-5-10-8-16-11(13-10)14-4-3-9(6-14)7-15-2/h8-9,12H,3-7H2,1-2H3. The number of methoxy groups -OCH3 is 1. The summed E-state index contributed by atoms with van der Waals surface area (Å²) in [5.74, 6) is 0.668. The molecule has 2 heterocycles. The van der Waals surface area contributed by atoms with Gasteiger partial charge in [0, 0.05) is 38.0 Å². The Kier molecular flexibility index (Phi) is 4.15. The molecule has 4 nitrogen and oxygen atoms in total. The summed E-state index contributed by atoms with van der Waals surface area (Å²) < 4.78 is 5.20. The van der Waals surface area contributed by atoms with Crippen molar-refractivity contribution in [3.05, 3.63) is 11.1 Å². The van der Waals surface area contributed by atoms with E-state index in [9.17, 15) is 0 Å². The monoisotopic (exact) mass is 241 g/mol. The predicted molar refractivity (Wildman–Crippen MR) is 67.1 cm³/mol. The fourth-order valence-corrected chi connectivity index (χ4v) is 2.94. The molecule has 1 saturated heterocycles. The van der Waals surface area contributed by atoms with E-state index in [4.69, 9.17) is 4.74 Å². The SMILES string of the molecule is CNCc1csc(N2CCC(COC)C2)n1. The van der Waals surface area contributed by atoms with E-state index in [0.717, 1.165) is 37.1 Å². The lowest BCUT2D eigenvalue weighted by Crippen LogP contribution is -2.20. The average Bonchev–Trinajstić information content (AvgIpc) is 2.87. The van der Waals surface area contributed by atoms with Crippen LogP contribution in [0.2, 0.25) is 0 Å². The second-order valence-electron chi connectivity index (χ2n) is 4.21. The van der Waals surface area contributed by atoms with Crippen molar-refractivity contribution in [2.75, 3.05) is 38.8 Å². The van der Waals surface area contributed by atoms with Crippen molar-refractivity contribution >= 4 is 16.5 Å². The molecule has 0 spiro atoms. The first kappa shape index (κ1) is 11.8. The van der Waals surface area contributed by atoms with Crippen LogP contribution >= 0.6 is 11.3 Å². The first-order valence-corrected chi connectivity index (χ1v) is 6.54. The van der Waals surface area contributed by atoms with Gasteiger partial charge in [-0.05, 0) is 13.5 Å². The van der Waals surface area contributed by atoms with Crippen molar-refractivity contribution in [3.8, 4) is 0 Å². The molecule has 1 aliphatic heterocycles. The van der Waals surface area contributed by atoms with Gasteiger partial charge < -0.3 is 15.0 Å². The van der Waals surface area contributed by atoms with Gasteiger partial charge in [0.2, 0.25) is 0 Å². The maximum absolute atomic E-state index is 5.20. The normalized spacial score (nSPS) is 20.6. The molecule has 2 rings (SSSR count). The quantitative estimate of drug-likeness (QED) is 0.844. The van der Waals surface area contributed by atoms with Gasteiger partial charge >= 0.3 is 0 Å². The maximum Gasteiger partial charge on any atom is 0.185 e. The highest BCUT2D eigenvalue weighted by Gasteiger charge is 2.24. The van der Waals surface area contributed by atoms with Crippen molar-refractivity contribution in [2.45, 2.75) is 13.0 Å². The molecule has 1 aromatic heterocycles. The van der Waals surface area contributed by atoms with Crippen LogP contribution in [0, 0.1) is 5.92 Å². The number of aromatic nitrogens is 1. The first-order chi connectivity index (χ1) is 7.83. The molecule has 0 saturated carbocycles. The van der Waals surface area contributed by atoms with E-state index < -0.39 is 0 Å². The van der Waals surface area contributed by atoms with Crippen LogP contribution in [0.1, 0.15) is 12.1 Å². The Labute approximate surface area is 101 Å². The molecule has 1 fully saturated rings. The molecule has 0 aliphatic carbocycles. The van der Waals surface area contributed by atoms with Crippen molar-refractivity contribution in [1.82, 2.24) is 10.3 Å². The molecular formula is C11H19N3OS. The third-order valence-electron chi connectivity index (χ3n) is 2.86. The highest BCUT2D eigenvalue weighted by molar-refractivity contribution is 7.13. The second kappa shape index (κ2) is 5.61. The Hall–Kier alpha value is -0.650. The van der Waals surface area contributed by atoms with Crippen molar-refractivity contribution in [2.24, 2.45) is 5.92 Å². The van der Waals surface area contributed by atoms with E-state index in [1.54, 1.807) is 18.4 Å². The maximum atomic E-state index is 5.20. The minimum absolute atomic E-state index is 0.668. The van der Waals surface area contributed by atoms with Gasteiger partial charge in [-0.1, -0.05) is 0 Å². The molecule has 5 heteroatoms. The summed E-state index contributed by atoms with van der Waals surface area (Å²) >= 11 is 1.74. The molecule has 0 radical (unpaired) electrons. The molecule has 90 valence electrons. The van der Waals surface area contributed by atoms with Crippen LogP contribution in [0.25, 0.3) is 0 Å². The van der Waals surface area contributed by atoms with Crippen LogP contribution in [-0.2, 0) is 11.3 Å². The molecular weight excluding hydrogens is 222 g/mol. The van der Waals surface area contributed by atoms with Gasteiger partial charge in [0.05, 0.1) is 12.3 Å². The number of hydrogen-bond acceptors (Lipinski definition) is 5. The van der Waals surface area contributed by atoms with E-state index >= 15 is 0 Å². The number of hydrogen-bond donors (Lipinski definition) is 1. The van der Waals surface area contributed by atoms with Gasteiger partial charge in [-0.15, -0.1) is 11.3 Å². The Balaban J connectivity index is 1.92. The molecule has 1 unspecified atom stereocenters. The summed E-state index contributed by atoms with van der Waals surface area (Å²) in [5, 5.41) is 6.41. The van der Waals surface area contributed by atoms with Crippen LogP contribution in [-0.4, -0.2) is 38.8 Å². The summed E-state index contributed by atoms with van der Waals surface area (Å²) in [6.07, 6.45) is 1.22. The zero-order valence-corrected chi connectivity index (χ0v) is 10.7. The Morgan fingerprint density at radius 3 is 3.31 bits per heavy atom. The van der Waals surface area contributed by atoms with Gasteiger partial charge in [-0.2, -0.15) is 0 Å². The lowest BCUT2D eigenvalue weighted by Gasteiger charge is -2.14. The third kappa shape index (κ3) is 2.72. The lowest BCUT2D eigenvalue weighted by atomic mass is 10.1. The molecule has 1 aromatic rings. The van der Waals surface area contributed by atoms with Crippen molar-refractivity contribution < 1.29 is 4.74 Å². The van der Waals surface area contributed by atoms with Gasteiger partial charge in [0.1, 0.15) is 0 Å². The summed E-state index contributed by atoms with van der Waals surface area (Å²) in [4.78, 5) is 6.99. The number of nitrogens with zero attached hydrogens (tertiary/aromatic N) is 2. The number of anilines is 1. The van der Waals surface area contributed by atoms with E-state index in [2.05, 4.69) is 20.6 Å². The highest BCUT2D eigenvalue weighted by atomic mass is 32.1. The molecule has 1 atom stereocenters. The average molecular weight is 241 g/mol. The van der Waals surface area contributed by atoms with Gasteiger partial charge in [0.25, 0.3) is 0 Å². The summed E-state index contributed by atoms with van der Waals surface area (Å²) in [6.45, 7) is 3.91. The van der Waals surface area contributed by atoms with E-state index in [1.165, 1.54) is 6.42 Å². The fourth-order valence-electron chi connectivity index (χ4n) is 2.08. The fraction of sp³-hybridized carbons (Fsp3) is 0.727. The highest BCUT2D eigenvalue weighted by Crippen LogP contribution is 2.26. The first-order valence-electron chi connectivity index (χ1n) is 5.66. The molecule has 16 heavy (non-hydrogen) atoms. The van der Waals surface area contributed by atoms with Crippen molar-refractivity contribution in [1.29, 1.82) is 0 Å². The molecule has 1 aliphatic rings. The van der Waals surface area contributed by atoms with Gasteiger partial charge in [0.15, 0.2) is 5.13 Å². The summed E-state index contributed by atoms with van der Waals surface area (Å²) in [6, 6.07) is 0. The molecule has 0 aromatic carbocycles.